The summed E-state index contributed by atoms with van der Waals surface area (Å²) >= 11 is 1.65. The maximum absolute atomic E-state index is 11.3. The van der Waals surface area contributed by atoms with Gasteiger partial charge in [0.15, 0.2) is 0 Å². The van der Waals surface area contributed by atoms with Crippen molar-refractivity contribution < 1.29 is 4.79 Å². The van der Waals surface area contributed by atoms with E-state index in [9.17, 15) is 4.79 Å². The standard InChI is InChI=1S/C10H16N2OS/c1-3-6-11-10(13)12-8(2)9-5-4-7-14-9/h4-5,7-8H,3,6H2,1-2H3,(H2,11,12,13)/t8-/m1/s1. The van der Waals surface area contributed by atoms with Crippen molar-refractivity contribution in [3.63, 3.8) is 0 Å². The third-order valence-electron chi connectivity index (χ3n) is 1.85. The number of rotatable bonds is 4. The Labute approximate surface area is 88.5 Å². The van der Waals surface area contributed by atoms with Gasteiger partial charge in [0.2, 0.25) is 0 Å². The van der Waals surface area contributed by atoms with Crippen LogP contribution in [0.3, 0.4) is 0 Å². The SMILES string of the molecule is CCCNC(=O)N[C@H](C)c1cccs1. The second-order valence-electron chi connectivity index (χ2n) is 3.14. The van der Waals surface area contributed by atoms with Gasteiger partial charge in [0.1, 0.15) is 0 Å². The Morgan fingerprint density at radius 2 is 2.43 bits per heavy atom. The van der Waals surface area contributed by atoms with Crippen molar-refractivity contribution in [2.45, 2.75) is 26.3 Å². The van der Waals surface area contributed by atoms with E-state index in [2.05, 4.69) is 10.6 Å². The fourth-order valence-electron chi connectivity index (χ4n) is 1.09. The summed E-state index contributed by atoms with van der Waals surface area (Å²) in [6.07, 6.45) is 0.959. The summed E-state index contributed by atoms with van der Waals surface area (Å²) in [4.78, 5) is 12.5. The minimum absolute atomic E-state index is 0.0897. The topological polar surface area (TPSA) is 41.1 Å². The van der Waals surface area contributed by atoms with Gasteiger partial charge < -0.3 is 10.6 Å². The van der Waals surface area contributed by atoms with Crippen LogP contribution in [0.1, 0.15) is 31.2 Å². The van der Waals surface area contributed by atoms with Crippen molar-refractivity contribution in [1.82, 2.24) is 10.6 Å². The normalized spacial score (nSPS) is 12.1. The molecule has 2 N–H and O–H groups in total. The maximum atomic E-state index is 11.3. The van der Waals surface area contributed by atoms with Gasteiger partial charge >= 0.3 is 6.03 Å². The molecule has 0 unspecified atom stereocenters. The molecular formula is C10H16N2OS. The molecule has 0 bridgehead atoms. The van der Waals surface area contributed by atoms with Gasteiger partial charge in [-0.3, -0.25) is 0 Å². The van der Waals surface area contributed by atoms with Crippen LogP contribution in [0.4, 0.5) is 4.79 Å². The second kappa shape index (κ2) is 5.65. The van der Waals surface area contributed by atoms with E-state index in [-0.39, 0.29) is 12.1 Å². The number of carbonyl (C=O) groups excluding carboxylic acids is 1. The molecule has 1 aromatic heterocycles. The Hall–Kier alpha value is -1.03. The van der Waals surface area contributed by atoms with Crippen LogP contribution in [0.2, 0.25) is 0 Å². The summed E-state index contributed by atoms with van der Waals surface area (Å²) in [7, 11) is 0. The van der Waals surface area contributed by atoms with Gasteiger partial charge in [-0.25, -0.2) is 4.79 Å². The Bertz CT molecular complexity index is 272. The first-order chi connectivity index (χ1) is 6.74. The van der Waals surface area contributed by atoms with Crippen molar-refractivity contribution in [3.05, 3.63) is 22.4 Å². The molecule has 0 saturated carbocycles. The van der Waals surface area contributed by atoms with E-state index < -0.39 is 0 Å². The molecule has 3 nitrogen and oxygen atoms in total. The first kappa shape index (κ1) is 11.0. The zero-order valence-corrected chi connectivity index (χ0v) is 9.36. The molecule has 1 rings (SSSR count). The van der Waals surface area contributed by atoms with Crippen LogP contribution >= 0.6 is 11.3 Å². The van der Waals surface area contributed by atoms with Gasteiger partial charge in [0.05, 0.1) is 6.04 Å². The van der Waals surface area contributed by atoms with Crippen molar-refractivity contribution in [2.75, 3.05) is 6.54 Å². The number of urea groups is 1. The molecule has 0 saturated heterocycles. The predicted molar refractivity (Wildman–Crippen MR) is 59.6 cm³/mol. The van der Waals surface area contributed by atoms with Crippen molar-refractivity contribution in [3.8, 4) is 0 Å². The van der Waals surface area contributed by atoms with Crippen LogP contribution < -0.4 is 10.6 Å². The third-order valence-corrected chi connectivity index (χ3v) is 2.91. The fourth-order valence-corrected chi connectivity index (χ4v) is 1.83. The number of thiophene rings is 1. The van der Waals surface area contributed by atoms with Gasteiger partial charge in [0, 0.05) is 11.4 Å². The first-order valence-electron chi connectivity index (χ1n) is 4.81. The van der Waals surface area contributed by atoms with Gasteiger partial charge in [-0.1, -0.05) is 13.0 Å². The fraction of sp³-hybridized carbons (Fsp3) is 0.500. The molecule has 1 heterocycles. The highest BCUT2D eigenvalue weighted by Crippen LogP contribution is 2.17. The highest BCUT2D eigenvalue weighted by Gasteiger charge is 2.08. The molecule has 0 spiro atoms. The molecule has 0 aromatic carbocycles. The number of hydrogen-bond acceptors (Lipinski definition) is 2. The summed E-state index contributed by atoms with van der Waals surface area (Å²) in [5.41, 5.74) is 0. The predicted octanol–water partition coefficient (Wildman–Crippen LogP) is 2.52. The van der Waals surface area contributed by atoms with E-state index in [4.69, 9.17) is 0 Å². The molecule has 4 heteroatoms. The minimum Gasteiger partial charge on any atom is -0.338 e. The minimum atomic E-state index is -0.0900. The molecule has 1 aromatic rings. The van der Waals surface area contributed by atoms with Crippen LogP contribution in [0, 0.1) is 0 Å². The number of amides is 2. The molecule has 2 amide bonds. The highest BCUT2D eigenvalue weighted by atomic mass is 32.1. The van der Waals surface area contributed by atoms with E-state index in [1.165, 1.54) is 4.88 Å². The molecule has 0 aliphatic rings. The number of hydrogen-bond donors (Lipinski definition) is 2. The Morgan fingerprint density at radius 3 is 3.00 bits per heavy atom. The molecule has 14 heavy (non-hydrogen) atoms. The zero-order chi connectivity index (χ0) is 10.4. The average molecular weight is 212 g/mol. The molecule has 1 atom stereocenters. The van der Waals surface area contributed by atoms with Gasteiger partial charge in [-0.05, 0) is 24.8 Å². The van der Waals surface area contributed by atoms with Crippen LogP contribution in [-0.2, 0) is 0 Å². The van der Waals surface area contributed by atoms with E-state index in [1.54, 1.807) is 11.3 Å². The molecule has 0 aliphatic carbocycles. The van der Waals surface area contributed by atoms with Gasteiger partial charge in [-0.15, -0.1) is 11.3 Å². The van der Waals surface area contributed by atoms with Crippen LogP contribution in [0.25, 0.3) is 0 Å². The average Bonchev–Trinajstić information content (AvgIpc) is 2.67. The monoisotopic (exact) mass is 212 g/mol. The molecular weight excluding hydrogens is 196 g/mol. The first-order valence-corrected chi connectivity index (χ1v) is 5.69. The largest absolute Gasteiger partial charge is 0.338 e. The smallest absolute Gasteiger partial charge is 0.315 e. The second-order valence-corrected chi connectivity index (χ2v) is 4.12. The molecule has 0 radical (unpaired) electrons. The van der Waals surface area contributed by atoms with Crippen LogP contribution in [0.5, 0.6) is 0 Å². The highest BCUT2D eigenvalue weighted by molar-refractivity contribution is 7.10. The zero-order valence-electron chi connectivity index (χ0n) is 8.54. The lowest BCUT2D eigenvalue weighted by Gasteiger charge is -2.12. The van der Waals surface area contributed by atoms with E-state index in [1.807, 2.05) is 31.4 Å². The van der Waals surface area contributed by atoms with Crippen LogP contribution in [-0.4, -0.2) is 12.6 Å². The van der Waals surface area contributed by atoms with Gasteiger partial charge in [0.25, 0.3) is 0 Å². The summed E-state index contributed by atoms with van der Waals surface area (Å²) in [6, 6.07) is 4.01. The third kappa shape index (κ3) is 3.38. The lowest BCUT2D eigenvalue weighted by Crippen LogP contribution is -2.37. The van der Waals surface area contributed by atoms with E-state index in [0.717, 1.165) is 13.0 Å². The Kier molecular flexibility index (Phi) is 4.46. The Balaban J connectivity index is 2.33. The lowest BCUT2D eigenvalue weighted by molar-refractivity contribution is 0.238. The molecule has 0 fully saturated rings. The summed E-state index contributed by atoms with van der Waals surface area (Å²) < 4.78 is 0. The van der Waals surface area contributed by atoms with E-state index >= 15 is 0 Å². The summed E-state index contributed by atoms with van der Waals surface area (Å²) in [5, 5.41) is 7.67. The number of carbonyl (C=O) groups is 1. The number of nitrogens with one attached hydrogen (secondary N) is 2. The summed E-state index contributed by atoms with van der Waals surface area (Å²) in [5.74, 6) is 0. The van der Waals surface area contributed by atoms with Crippen LogP contribution in [0.15, 0.2) is 17.5 Å². The maximum Gasteiger partial charge on any atom is 0.315 e. The van der Waals surface area contributed by atoms with Crippen molar-refractivity contribution in [2.24, 2.45) is 0 Å². The van der Waals surface area contributed by atoms with E-state index in [0.29, 0.717) is 0 Å². The quantitative estimate of drug-likeness (QED) is 0.791. The van der Waals surface area contributed by atoms with Gasteiger partial charge in [-0.2, -0.15) is 0 Å². The Morgan fingerprint density at radius 1 is 1.64 bits per heavy atom. The molecule has 78 valence electrons. The summed E-state index contributed by atoms with van der Waals surface area (Å²) in [6.45, 7) is 4.74. The molecule has 0 aliphatic heterocycles. The van der Waals surface area contributed by atoms with Crippen molar-refractivity contribution >= 4 is 17.4 Å². The van der Waals surface area contributed by atoms with Crippen molar-refractivity contribution in [1.29, 1.82) is 0 Å². The lowest BCUT2D eigenvalue weighted by atomic mass is 10.3.